The molecule has 3 nitrogen and oxygen atoms in total. The smallest absolute Gasteiger partial charge is 0.219 e. The van der Waals surface area contributed by atoms with Crippen LogP contribution in [0.25, 0.3) is 0 Å². The van der Waals surface area contributed by atoms with Crippen LogP contribution in [-0.4, -0.2) is 35.1 Å². The zero-order valence-electron chi connectivity index (χ0n) is 10.9. The number of amides is 1. The fraction of sp³-hybridized carbons (Fsp3) is 0.643. The number of nitrogens with zero attached hydrogens (tertiary/aromatic N) is 1. The standard InChI is InChI=1S/C14H23NO2/c1-4-6-11(2)14(17)10-15(12(3)16)9-13-7-5-8-13/h4,6,13-14,17H,1,5,7-10H2,2-3H3/b11-6+. The SMILES string of the molecule is C=C/C=C(\C)C(O)CN(CC1CCC1)C(C)=O. The summed E-state index contributed by atoms with van der Waals surface area (Å²) in [5.41, 5.74) is 0.847. The van der Waals surface area contributed by atoms with Crippen LogP contribution >= 0.6 is 0 Å². The van der Waals surface area contributed by atoms with Crippen molar-refractivity contribution in [3.63, 3.8) is 0 Å². The molecule has 0 heterocycles. The largest absolute Gasteiger partial charge is 0.387 e. The van der Waals surface area contributed by atoms with Gasteiger partial charge < -0.3 is 10.0 Å². The van der Waals surface area contributed by atoms with E-state index in [1.807, 2.05) is 6.92 Å². The highest BCUT2D eigenvalue weighted by Crippen LogP contribution is 2.27. The maximum Gasteiger partial charge on any atom is 0.219 e. The molecule has 1 unspecified atom stereocenters. The molecule has 1 atom stereocenters. The summed E-state index contributed by atoms with van der Waals surface area (Å²) in [6, 6.07) is 0. The first-order valence-corrected chi connectivity index (χ1v) is 6.27. The Labute approximate surface area is 104 Å². The highest BCUT2D eigenvalue weighted by molar-refractivity contribution is 5.73. The Kier molecular flexibility index (Phi) is 5.42. The van der Waals surface area contributed by atoms with Gasteiger partial charge in [0.25, 0.3) is 0 Å². The van der Waals surface area contributed by atoms with E-state index < -0.39 is 6.10 Å². The summed E-state index contributed by atoms with van der Waals surface area (Å²) in [4.78, 5) is 13.3. The van der Waals surface area contributed by atoms with Gasteiger partial charge in [-0.1, -0.05) is 25.2 Å². The number of carbonyl (C=O) groups is 1. The number of aliphatic hydroxyl groups excluding tert-OH is 1. The number of hydrogen-bond donors (Lipinski definition) is 1. The third-order valence-corrected chi connectivity index (χ3v) is 3.45. The fourth-order valence-electron chi connectivity index (χ4n) is 1.97. The fourth-order valence-corrected chi connectivity index (χ4v) is 1.97. The lowest BCUT2D eigenvalue weighted by molar-refractivity contribution is -0.131. The molecule has 1 aliphatic carbocycles. The van der Waals surface area contributed by atoms with E-state index in [0.717, 1.165) is 12.1 Å². The first-order chi connectivity index (χ1) is 8.04. The third kappa shape index (κ3) is 4.35. The van der Waals surface area contributed by atoms with Crippen LogP contribution in [0.3, 0.4) is 0 Å². The van der Waals surface area contributed by atoms with Crippen LogP contribution in [0, 0.1) is 5.92 Å². The lowest BCUT2D eigenvalue weighted by Gasteiger charge is -2.33. The molecule has 0 aromatic rings. The van der Waals surface area contributed by atoms with Crippen LogP contribution in [0.15, 0.2) is 24.3 Å². The molecule has 17 heavy (non-hydrogen) atoms. The molecule has 3 heteroatoms. The maximum absolute atomic E-state index is 11.5. The van der Waals surface area contributed by atoms with Crippen molar-refractivity contribution in [2.45, 2.75) is 39.2 Å². The van der Waals surface area contributed by atoms with E-state index >= 15 is 0 Å². The third-order valence-electron chi connectivity index (χ3n) is 3.45. The number of carbonyl (C=O) groups excluding carboxylic acids is 1. The molecule has 0 aromatic carbocycles. The number of allylic oxidation sites excluding steroid dienone is 2. The van der Waals surface area contributed by atoms with E-state index in [0.29, 0.717) is 12.5 Å². The minimum atomic E-state index is -0.586. The van der Waals surface area contributed by atoms with E-state index in [1.165, 1.54) is 19.3 Å². The molecule has 1 rings (SSSR count). The Morgan fingerprint density at radius 3 is 2.59 bits per heavy atom. The second-order valence-corrected chi connectivity index (χ2v) is 4.88. The molecule has 0 aliphatic heterocycles. The van der Waals surface area contributed by atoms with Crippen molar-refractivity contribution >= 4 is 5.91 Å². The minimum Gasteiger partial charge on any atom is -0.387 e. The first kappa shape index (κ1) is 14.0. The molecule has 1 N–H and O–H groups in total. The van der Waals surface area contributed by atoms with Crippen molar-refractivity contribution in [1.82, 2.24) is 4.90 Å². The normalized spacial score (nSPS) is 18.4. The van der Waals surface area contributed by atoms with Gasteiger partial charge in [-0.3, -0.25) is 4.79 Å². The van der Waals surface area contributed by atoms with Crippen molar-refractivity contribution in [2.24, 2.45) is 5.92 Å². The molecule has 0 spiro atoms. The first-order valence-electron chi connectivity index (χ1n) is 6.27. The van der Waals surface area contributed by atoms with Crippen molar-refractivity contribution < 1.29 is 9.90 Å². The van der Waals surface area contributed by atoms with Gasteiger partial charge in [-0.15, -0.1) is 0 Å². The Morgan fingerprint density at radius 1 is 1.53 bits per heavy atom. The van der Waals surface area contributed by atoms with Gasteiger partial charge in [0, 0.05) is 13.5 Å². The zero-order valence-corrected chi connectivity index (χ0v) is 10.9. The van der Waals surface area contributed by atoms with Crippen molar-refractivity contribution in [3.05, 3.63) is 24.3 Å². The van der Waals surface area contributed by atoms with Crippen LogP contribution in [0.1, 0.15) is 33.1 Å². The van der Waals surface area contributed by atoms with Crippen LogP contribution in [0.2, 0.25) is 0 Å². The van der Waals surface area contributed by atoms with E-state index in [1.54, 1.807) is 24.0 Å². The molecule has 0 bridgehead atoms. The second kappa shape index (κ2) is 6.60. The van der Waals surface area contributed by atoms with Gasteiger partial charge in [-0.25, -0.2) is 0 Å². The summed E-state index contributed by atoms with van der Waals surface area (Å²) in [5.74, 6) is 0.678. The van der Waals surface area contributed by atoms with Crippen LogP contribution in [0.5, 0.6) is 0 Å². The highest BCUT2D eigenvalue weighted by atomic mass is 16.3. The van der Waals surface area contributed by atoms with Gasteiger partial charge in [-0.2, -0.15) is 0 Å². The Morgan fingerprint density at radius 2 is 2.18 bits per heavy atom. The van der Waals surface area contributed by atoms with Crippen molar-refractivity contribution in [1.29, 1.82) is 0 Å². The predicted molar refractivity (Wildman–Crippen MR) is 69.6 cm³/mol. The monoisotopic (exact) mass is 237 g/mol. The van der Waals surface area contributed by atoms with Gasteiger partial charge >= 0.3 is 0 Å². The number of rotatable bonds is 6. The van der Waals surface area contributed by atoms with Crippen LogP contribution < -0.4 is 0 Å². The summed E-state index contributed by atoms with van der Waals surface area (Å²) in [5, 5.41) is 9.96. The Balaban J connectivity index is 2.50. The molecule has 1 aliphatic rings. The van der Waals surface area contributed by atoms with Gasteiger partial charge in [0.2, 0.25) is 5.91 Å². The number of hydrogen-bond acceptors (Lipinski definition) is 2. The number of aliphatic hydroxyl groups is 1. The van der Waals surface area contributed by atoms with Gasteiger partial charge in [0.05, 0.1) is 12.6 Å². The lowest BCUT2D eigenvalue weighted by atomic mass is 9.85. The van der Waals surface area contributed by atoms with Crippen LogP contribution in [0.4, 0.5) is 0 Å². The molecule has 1 saturated carbocycles. The summed E-state index contributed by atoms with van der Waals surface area (Å²) < 4.78 is 0. The predicted octanol–water partition coefficient (Wildman–Crippen LogP) is 2.13. The molecule has 96 valence electrons. The Bertz CT molecular complexity index is 305. The van der Waals surface area contributed by atoms with Crippen molar-refractivity contribution in [3.8, 4) is 0 Å². The van der Waals surface area contributed by atoms with E-state index in [-0.39, 0.29) is 5.91 Å². The van der Waals surface area contributed by atoms with E-state index in [4.69, 9.17) is 0 Å². The molecule has 0 radical (unpaired) electrons. The summed E-state index contributed by atoms with van der Waals surface area (Å²) >= 11 is 0. The van der Waals surface area contributed by atoms with E-state index in [9.17, 15) is 9.90 Å². The van der Waals surface area contributed by atoms with E-state index in [2.05, 4.69) is 6.58 Å². The quantitative estimate of drug-likeness (QED) is 0.719. The lowest BCUT2D eigenvalue weighted by Crippen LogP contribution is -2.41. The molecule has 0 saturated heterocycles. The zero-order chi connectivity index (χ0) is 12.8. The summed E-state index contributed by atoms with van der Waals surface area (Å²) in [6.45, 7) is 8.20. The molecular weight excluding hydrogens is 214 g/mol. The van der Waals surface area contributed by atoms with Crippen LogP contribution in [-0.2, 0) is 4.79 Å². The minimum absolute atomic E-state index is 0.0438. The maximum atomic E-state index is 11.5. The van der Waals surface area contributed by atoms with Gasteiger partial charge in [0.15, 0.2) is 0 Å². The molecular formula is C14H23NO2. The summed E-state index contributed by atoms with van der Waals surface area (Å²) in [7, 11) is 0. The van der Waals surface area contributed by atoms with Gasteiger partial charge in [-0.05, 0) is 31.3 Å². The molecule has 0 aromatic heterocycles. The second-order valence-electron chi connectivity index (χ2n) is 4.88. The topological polar surface area (TPSA) is 40.5 Å². The average molecular weight is 237 g/mol. The average Bonchev–Trinajstić information content (AvgIpc) is 2.21. The Hall–Kier alpha value is -1.09. The summed E-state index contributed by atoms with van der Waals surface area (Å²) in [6.07, 6.45) is 6.54. The van der Waals surface area contributed by atoms with Gasteiger partial charge in [0.1, 0.15) is 0 Å². The molecule has 1 amide bonds. The highest BCUT2D eigenvalue weighted by Gasteiger charge is 2.23. The van der Waals surface area contributed by atoms with Crippen molar-refractivity contribution in [2.75, 3.05) is 13.1 Å². The molecule has 1 fully saturated rings.